The number of halogens is 3. The Morgan fingerprint density at radius 3 is 2.26 bits per heavy atom. The number of carbonyl (C=O) groups excluding carboxylic acids is 2. The fourth-order valence-corrected chi connectivity index (χ4v) is 4.35. The zero-order valence-electron chi connectivity index (χ0n) is 20.4. The zero-order chi connectivity index (χ0) is 27.3. The second kappa shape index (κ2) is 11.6. The van der Waals surface area contributed by atoms with Crippen LogP contribution < -0.4 is 15.2 Å². The van der Waals surface area contributed by atoms with E-state index >= 15 is 0 Å². The van der Waals surface area contributed by atoms with Crippen LogP contribution in [0.25, 0.3) is 11.1 Å². The van der Waals surface area contributed by atoms with E-state index in [0.29, 0.717) is 37.2 Å². The van der Waals surface area contributed by atoms with Crippen molar-refractivity contribution in [2.24, 2.45) is 5.73 Å². The van der Waals surface area contributed by atoms with Crippen molar-refractivity contribution in [3.63, 3.8) is 0 Å². The quantitative estimate of drug-likeness (QED) is 0.450. The maximum Gasteiger partial charge on any atom is 0.573 e. The number of ether oxygens (including phenoxy) is 2. The molecule has 1 fully saturated rings. The van der Waals surface area contributed by atoms with Crippen LogP contribution in [0.15, 0.2) is 66.7 Å². The van der Waals surface area contributed by atoms with Gasteiger partial charge in [0.2, 0.25) is 5.91 Å². The van der Waals surface area contributed by atoms with E-state index in [-0.39, 0.29) is 36.4 Å². The number of benzene rings is 3. The lowest BCUT2D eigenvalue weighted by Gasteiger charge is -2.32. The highest BCUT2D eigenvalue weighted by molar-refractivity contribution is 5.97. The molecule has 10 heteroatoms. The molecule has 7 nitrogen and oxygen atoms in total. The average molecular weight is 529 g/mol. The van der Waals surface area contributed by atoms with E-state index in [0.717, 1.165) is 16.7 Å². The highest BCUT2D eigenvalue weighted by atomic mass is 19.4. The van der Waals surface area contributed by atoms with Crippen LogP contribution in [0.2, 0.25) is 0 Å². The first-order valence-corrected chi connectivity index (χ1v) is 12.0. The van der Waals surface area contributed by atoms with Gasteiger partial charge in [-0.25, -0.2) is 0 Å². The molecule has 0 saturated carbocycles. The van der Waals surface area contributed by atoms with Gasteiger partial charge < -0.3 is 25.2 Å². The van der Waals surface area contributed by atoms with Crippen molar-refractivity contribution in [1.29, 1.82) is 0 Å². The Morgan fingerprint density at radius 2 is 1.63 bits per heavy atom. The minimum atomic E-state index is -4.77. The first kappa shape index (κ1) is 27.0. The van der Waals surface area contributed by atoms with Crippen molar-refractivity contribution in [2.75, 3.05) is 13.1 Å². The third-order valence-electron chi connectivity index (χ3n) is 6.29. The van der Waals surface area contributed by atoms with Gasteiger partial charge in [0.25, 0.3) is 5.91 Å². The summed E-state index contributed by atoms with van der Waals surface area (Å²) in [5, 5.41) is 9.39. The molecule has 0 aromatic heterocycles. The molecule has 0 unspecified atom stereocenters. The number of primary amides is 1. The minimum Gasteiger partial charge on any atom is -0.489 e. The second-order valence-electron chi connectivity index (χ2n) is 9.00. The molecule has 3 N–H and O–H groups in total. The third-order valence-corrected chi connectivity index (χ3v) is 6.29. The second-order valence-corrected chi connectivity index (χ2v) is 9.00. The van der Waals surface area contributed by atoms with Gasteiger partial charge in [0, 0.05) is 25.9 Å². The first-order valence-electron chi connectivity index (χ1n) is 12.0. The number of aliphatic hydroxyl groups is 1. The number of likely N-dealkylation sites (tertiary alicyclic amines) is 1. The fraction of sp³-hybridized carbons (Fsp3) is 0.286. The number of rotatable bonds is 8. The molecule has 0 radical (unpaired) electrons. The summed E-state index contributed by atoms with van der Waals surface area (Å²) in [5.41, 5.74) is 8.79. The molecule has 1 saturated heterocycles. The minimum absolute atomic E-state index is 0.0581. The Kier molecular flexibility index (Phi) is 8.21. The van der Waals surface area contributed by atoms with Crippen LogP contribution in [0.3, 0.4) is 0 Å². The van der Waals surface area contributed by atoms with Crippen molar-refractivity contribution in [3.8, 4) is 22.6 Å². The molecule has 4 rings (SSSR count). The van der Waals surface area contributed by atoms with E-state index in [9.17, 15) is 27.9 Å². The molecule has 1 aliphatic heterocycles. The number of nitrogens with two attached hydrogens (primary N) is 1. The van der Waals surface area contributed by atoms with E-state index in [1.165, 1.54) is 24.3 Å². The normalized spacial score (nSPS) is 14.3. The Labute approximate surface area is 217 Å². The van der Waals surface area contributed by atoms with Crippen LogP contribution >= 0.6 is 0 Å². The van der Waals surface area contributed by atoms with Crippen molar-refractivity contribution in [2.45, 2.75) is 38.3 Å². The highest BCUT2D eigenvalue weighted by Gasteiger charge is 2.31. The largest absolute Gasteiger partial charge is 0.573 e. The number of hydrogen-bond acceptors (Lipinski definition) is 5. The van der Waals surface area contributed by atoms with E-state index in [1.807, 2.05) is 24.3 Å². The van der Waals surface area contributed by atoms with Gasteiger partial charge in [-0.2, -0.15) is 0 Å². The van der Waals surface area contributed by atoms with E-state index < -0.39 is 12.3 Å². The number of alkyl halides is 3. The van der Waals surface area contributed by atoms with Gasteiger partial charge in [-0.3, -0.25) is 9.59 Å². The van der Waals surface area contributed by atoms with Gasteiger partial charge in [-0.1, -0.05) is 36.4 Å². The lowest BCUT2D eigenvalue weighted by Crippen LogP contribution is -2.42. The van der Waals surface area contributed by atoms with Crippen molar-refractivity contribution in [1.82, 2.24) is 4.90 Å². The average Bonchev–Trinajstić information content (AvgIpc) is 2.89. The maximum atomic E-state index is 12.7. The van der Waals surface area contributed by atoms with E-state index in [4.69, 9.17) is 10.5 Å². The smallest absolute Gasteiger partial charge is 0.489 e. The predicted octanol–water partition coefficient (Wildman–Crippen LogP) is 4.46. The highest BCUT2D eigenvalue weighted by Crippen LogP contribution is 2.30. The first-order chi connectivity index (χ1) is 18.1. The summed E-state index contributed by atoms with van der Waals surface area (Å²) in [5.74, 6) is -0.737. The van der Waals surface area contributed by atoms with Crippen LogP contribution in [0.5, 0.6) is 11.5 Å². The van der Waals surface area contributed by atoms with Gasteiger partial charge in [0.1, 0.15) is 17.6 Å². The Bertz CT molecular complexity index is 1290. The zero-order valence-corrected chi connectivity index (χ0v) is 20.4. The summed E-state index contributed by atoms with van der Waals surface area (Å²) in [6.07, 6.45) is -3.84. The van der Waals surface area contributed by atoms with E-state index in [2.05, 4.69) is 4.74 Å². The lowest BCUT2D eigenvalue weighted by atomic mass is 10.00. The number of hydrogen-bond donors (Lipinski definition) is 2. The Morgan fingerprint density at radius 1 is 0.947 bits per heavy atom. The number of aliphatic hydroxyl groups excluding tert-OH is 1. The number of amides is 2. The summed E-state index contributed by atoms with van der Waals surface area (Å²) in [6.45, 7) is 0.787. The van der Waals surface area contributed by atoms with Gasteiger partial charge in [0.15, 0.2) is 0 Å². The number of carbonyl (C=O) groups is 2. The summed E-state index contributed by atoms with van der Waals surface area (Å²) >= 11 is 0. The van der Waals surface area contributed by atoms with Crippen molar-refractivity contribution >= 4 is 11.8 Å². The topological polar surface area (TPSA) is 102 Å². The molecule has 0 atom stereocenters. The molecule has 0 bridgehead atoms. The van der Waals surface area contributed by atoms with Crippen LogP contribution in [-0.2, 0) is 17.8 Å². The van der Waals surface area contributed by atoms with Gasteiger partial charge in [-0.15, -0.1) is 13.2 Å². The van der Waals surface area contributed by atoms with Crippen LogP contribution in [0.4, 0.5) is 13.2 Å². The molecule has 0 aliphatic carbocycles. The maximum absolute atomic E-state index is 12.7. The molecule has 38 heavy (non-hydrogen) atoms. The Balaban J connectivity index is 1.34. The van der Waals surface area contributed by atoms with Gasteiger partial charge in [0.05, 0.1) is 18.6 Å². The molecule has 2 amide bonds. The monoisotopic (exact) mass is 528 g/mol. The SMILES string of the molecule is NC(=O)c1cc(-c2cccc(CO)c2)ccc1OC1CCN(C(=O)Cc2ccc(OC(F)(F)F)cc2)CC1. The molecule has 1 aliphatic rings. The Hall–Kier alpha value is -4.05. The summed E-state index contributed by atoms with van der Waals surface area (Å²) < 4.78 is 46.9. The number of piperidine rings is 1. The fourth-order valence-electron chi connectivity index (χ4n) is 4.35. The summed E-state index contributed by atoms with van der Waals surface area (Å²) in [4.78, 5) is 26.6. The molecule has 200 valence electrons. The van der Waals surface area contributed by atoms with Gasteiger partial charge >= 0.3 is 6.36 Å². The molecular formula is C28H27F3N2O5. The number of nitrogens with zero attached hydrogens (tertiary/aromatic N) is 1. The van der Waals surface area contributed by atoms with Crippen LogP contribution in [0.1, 0.15) is 34.3 Å². The van der Waals surface area contributed by atoms with Crippen LogP contribution in [0, 0.1) is 0 Å². The lowest BCUT2D eigenvalue weighted by molar-refractivity contribution is -0.274. The predicted molar refractivity (Wildman–Crippen MR) is 133 cm³/mol. The van der Waals surface area contributed by atoms with Crippen molar-refractivity contribution in [3.05, 3.63) is 83.4 Å². The van der Waals surface area contributed by atoms with Gasteiger partial charge in [-0.05, 0) is 52.6 Å². The molecule has 3 aromatic rings. The van der Waals surface area contributed by atoms with Crippen LogP contribution in [-0.4, -0.2) is 47.4 Å². The third kappa shape index (κ3) is 7.04. The van der Waals surface area contributed by atoms with Crippen molar-refractivity contribution < 1.29 is 37.3 Å². The summed E-state index contributed by atoms with van der Waals surface area (Å²) in [7, 11) is 0. The van der Waals surface area contributed by atoms with E-state index in [1.54, 1.807) is 23.1 Å². The molecule has 0 spiro atoms. The molecule has 3 aromatic carbocycles. The molecule has 1 heterocycles. The summed E-state index contributed by atoms with van der Waals surface area (Å²) in [6, 6.07) is 17.7. The molecular weight excluding hydrogens is 501 g/mol. The standard InChI is InChI=1S/C28H27F3N2O5/c29-28(30,31)38-23-7-4-18(5-8-23)15-26(35)33-12-10-22(11-13-33)37-25-9-6-21(16-24(25)27(32)36)20-3-1-2-19(14-20)17-34/h1-9,14,16,22,34H,10-13,15,17H2,(H2,32,36).